The Morgan fingerprint density at radius 1 is 1.14 bits per heavy atom. The van der Waals surface area contributed by atoms with Crippen molar-refractivity contribution in [3.63, 3.8) is 0 Å². The van der Waals surface area contributed by atoms with Gasteiger partial charge in [-0.05, 0) is 43.6 Å². The second-order valence-electron chi connectivity index (χ2n) is 8.23. The van der Waals surface area contributed by atoms with Crippen LogP contribution in [-0.2, 0) is 20.8 Å². The molecule has 3 heterocycles. The summed E-state index contributed by atoms with van der Waals surface area (Å²) in [5, 5.41) is 0. The zero-order valence-corrected chi connectivity index (χ0v) is 16.5. The highest BCUT2D eigenvalue weighted by Gasteiger charge is 2.50. The first-order valence-corrected chi connectivity index (χ1v) is 10.3. The van der Waals surface area contributed by atoms with Crippen molar-refractivity contribution in [2.45, 2.75) is 38.5 Å². The molecule has 1 atom stereocenters. The van der Waals surface area contributed by atoms with Crippen LogP contribution in [0.25, 0.3) is 0 Å². The van der Waals surface area contributed by atoms with Crippen LogP contribution in [0.3, 0.4) is 0 Å². The SMILES string of the molecule is O=C1OC(CN2CCOCC2)CC12CCN(Cc1cccc(OC(F)F)c1)CC2. The lowest BCUT2D eigenvalue weighted by atomic mass is 9.76. The highest BCUT2D eigenvalue weighted by atomic mass is 19.3. The highest BCUT2D eigenvalue weighted by molar-refractivity contribution is 5.79. The summed E-state index contributed by atoms with van der Waals surface area (Å²) in [5.74, 6) is 0.124. The minimum Gasteiger partial charge on any atom is -0.461 e. The average molecular weight is 410 g/mol. The largest absolute Gasteiger partial charge is 0.461 e. The van der Waals surface area contributed by atoms with Crippen LogP contribution >= 0.6 is 0 Å². The maximum atomic E-state index is 12.6. The van der Waals surface area contributed by atoms with E-state index in [2.05, 4.69) is 14.5 Å². The number of hydrogen-bond donors (Lipinski definition) is 0. The number of likely N-dealkylation sites (tertiary alicyclic amines) is 1. The van der Waals surface area contributed by atoms with Crippen LogP contribution in [0.2, 0.25) is 0 Å². The molecular formula is C21H28F2N2O4. The number of cyclic esters (lactones) is 1. The van der Waals surface area contributed by atoms with Gasteiger partial charge >= 0.3 is 12.6 Å². The number of esters is 1. The maximum Gasteiger partial charge on any atom is 0.387 e. The molecule has 1 spiro atoms. The third kappa shape index (κ3) is 5.05. The standard InChI is InChI=1S/C21H28F2N2O4/c22-20(23)29-17-3-1-2-16(12-17)14-24-6-4-21(5-7-24)13-18(28-19(21)26)15-25-8-10-27-11-9-25/h1-3,12,18,20H,4-11,13-15H2. The van der Waals surface area contributed by atoms with Gasteiger partial charge < -0.3 is 14.2 Å². The van der Waals surface area contributed by atoms with E-state index in [-0.39, 0.29) is 23.2 Å². The van der Waals surface area contributed by atoms with Crippen molar-refractivity contribution in [3.05, 3.63) is 29.8 Å². The molecule has 3 saturated heterocycles. The molecule has 0 radical (unpaired) electrons. The Kier molecular flexibility index (Phi) is 6.32. The highest BCUT2D eigenvalue weighted by Crippen LogP contribution is 2.43. The summed E-state index contributed by atoms with van der Waals surface area (Å²) < 4.78 is 40.4. The van der Waals surface area contributed by atoms with Crippen LogP contribution in [0.5, 0.6) is 5.75 Å². The molecular weight excluding hydrogens is 382 g/mol. The number of carbonyl (C=O) groups excluding carboxylic acids is 1. The summed E-state index contributed by atoms with van der Waals surface area (Å²) in [7, 11) is 0. The Bertz CT molecular complexity index is 704. The Labute approximate surface area is 169 Å². The molecule has 8 heteroatoms. The van der Waals surface area contributed by atoms with Crippen molar-refractivity contribution in [2.75, 3.05) is 45.9 Å². The molecule has 3 fully saturated rings. The zero-order chi connectivity index (χ0) is 20.3. The summed E-state index contributed by atoms with van der Waals surface area (Å²) in [6, 6.07) is 6.82. The van der Waals surface area contributed by atoms with Gasteiger partial charge in [0.1, 0.15) is 11.9 Å². The number of piperidine rings is 1. The summed E-state index contributed by atoms with van der Waals surface area (Å²) >= 11 is 0. The molecule has 0 amide bonds. The summed E-state index contributed by atoms with van der Waals surface area (Å²) in [6.07, 6.45) is 2.31. The van der Waals surface area contributed by atoms with Gasteiger partial charge in [0.05, 0.1) is 18.6 Å². The fourth-order valence-corrected chi connectivity index (χ4v) is 4.64. The van der Waals surface area contributed by atoms with Crippen molar-refractivity contribution in [1.82, 2.24) is 9.80 Å². The van der Waals surface area contributed by atoms with E-state index in [1.807, 2.05) is 6.07 Å². The second-order valence-corrected chi connectivity index (χ2v) is 8.23. The van der Waals surface area contributed by atoms with Gasteiger partial charge in [0, 0.05) is 32.6 Å². The van der Waals surface area contributed by atoms with Crippen LogP contribution in [0.1, 0.15) is 24.8 Å². The van der Waals surface area contributed by atoms with Gasteiger partial charge in [-0.15, -0.1) is 0 Å². The maximum absolute atomic E-state index is 12.6. The second kappa shape index (κ2) is 8.93. The molecule has 0 bridgehead atoms. The number of morpholine rings is 1. The van der Waals surface area contributed by atoms with E-state index in [1.165, 1.54) is 6.07 Å². The number of rotatable bonds is 6. The van der Waals surface area contributed by atoms with Crippen molar-refractivity contribution >= 4 is 5.97 Å². The van der Waals surface area contributed by atoms with Crippen molar-refractivity contribution < 1.29 is 27.8 Å². The van der Waals surface area contributed by atoms with E-state index in [0.717, 1.165) is 70.8 Å². The van der Waals surface area contributed by atoms with Gasteiger partial charge in [0.2, 0.25) is 0 Å². The predicted octanol–water partition coefficient (Wildman–Crippen LogP) is 2.52. The lowest BCUT2D eigenvalue weighted by Gasteiger charge is -2.36. The number of carbonyl (C=O) groups is 1. The van der Waals surface area contributed by atoms with E-state index < -0.39 is 6.61 Å². The molecule has 160 valence electrons. The molecule has 1 aromatic carbocycles. The smallest absolute Gasteiger partial charge is 0.387 e. The third-order valence-corrected chi connectivity index (χ3v) is 6.23. The summed E-state index contributed by atoms with van der Waals surface area (Å²) in [6.45, 7) is 3.47. The van der Waals surface area contributed by atoms with E-state index in [4.69, 9.17) is 9.47 Å². The first kappa shape index (κ1) is 20.5. The number of ether oxygens (including phenoxy) is 3. The lowest BCUT2D eigenvalue weighted by molar-refractivity contribution is -0.151. The molecule has 1 unspecified atom stereocenters. The van der Waals surface area contributed by atoms with Crippen LogP contribution in [0.15, 0.2) is 24.3 Å². The van der Waals surface area contributed by atoms with Gasteiger partial charge in [-0.25, -0.2) is 0 Å². The molecule has 29 heavy (non-hydrogen) atoms. The Morgan fingerprint density at radius 3 is 2.62 bits per heavy atom. The summed E-state index contributed by atoms with van der Waals surface area (Å²) in [5.41, 5.74) is 0.562. The average Bonchev–Trinajstić information content (AvgIpc) is 2.99. The zero-order valence-electron chi connectivity index (χ0n) is 16.5. The van der Waals surface area contributed by atoms with Gasteiger partial charge in [-0.3, -0.25) is 14.6 Å². The monoisotopic (exact) mass is 410 g/mol. The van der Waals surface area contributed by atoms with Gasteiger partial charge in [0.25, 0.3) is 0 Å². The van der Waals surface area contributed by atoms with Gasteiger partial charge in [-0.1, -0.05) is 12.1 Å². The first-order valence-electron chi connectivity index (χ1n) is 10.3. The van der Waals surface area contributed by atoms with Crippen molar-refractivity contribution in [2.24, 2.45) is 5.41 Å². The predicted molar refractivity (Wildman–Crippen MR) is 102 cm³/mol. The number of hydrogen-bond acceptors (Lipinski definition) is 6. The molecule has 1 aromatic rings. The van der Waals surface area contributed by atoms with Crippen LogP contribution in [-0.4, -0.2) is 74.4 Å². The van der Waals surface area contributed by atoms with Gasteiger partial charge in [-0.2, -0.15) is 8.78 Å². The van der Waals surface area contributed by atoms with E-state index in [0.29, 0.717) is 6.54 Å². The number of nitrogens with zero attached hydrogens (tertiary/aromatic N) is 2. The molecule has 4 rings (SSSR count). The molecule has 6 nitrogen and oxygen atoms in total. The minimum absolute atomic E-state index is 0.0321. The van der Waals surface area contributed by atoms with Gasteiger partial charge in [0.15, 0.2) is 0 Å². The molecule has 3 aliphatic rings. The van der Waals surface area contributed by atoms with E-state index >= 15 is 0 Å². The Morgan fingerprint density at radius 2 is 1.90 bits per heavy atom. The molecule has 0 N–H and O–H groups in total. The van der Waals surface area contributed by atoms with Crippen molar-refractivity contribution in [1.29, 1.82) is 0 Å². The molecule has 3 aliphatic heterocycles. The summed E-state index contributed by atoms with van der Waals surface area (Å²) in [4.78, 5) is 17.2. The Balaban J connectivity index is 1.29. The van der Waals surface area contributed by atoms with E-state index in [9.17, 15) is 13.6 Å². The van der Waals surface area contributed by atoms with Crippen LogP contribution in [0, 0.1) is 5.41 Å². The number of benzene rings is 1. The lowest BCUT2D eigenvalue weighted by Crippen LogP contribution is -2.43. The fraction of sp³-hybridized carbons (Fsp3) is 0.667. The normalized spacial score (nSPS) is 25.5. The topological polar surface area (TPSA) is 51.2 Å². The van der Waals surface area contributed by atoms with E-state index in [1.54, 1.807) is 12.1 Å². The first-order chi connectivity index (χ1) is 14.0. The molecule has 0 aromatic heterocycles. The number of halogens is 2. The third-order valence-electron chi connectivity index (χ3n) is 6.23. The van der Waals surface area contributed by atoms with Crippen LogP contribution < -0.4 is 4.74 Å². The van der Waals surface area contributed by atoms with Crippen molar-refractivity contribution in [3.8, 4) is 5.75 Å². The quantitative estimate of drug-likeness (QED) is 0.672. The number of alkyl halides is 2. The fourth-order valence-electron chi connectivity index (χ4n) is 4.64. The molecule has 0 aliphatic carbocycles. The molecule has 0 saturated carbocycles. The Hall–Kier alpha value is -1.77. The van der Waals surface area contributed by atoms with Crippen LogP contribution in [0.4, 0.5) is 8.78 Å². The minimum atomic E-state index is -2.82.